The molecule has 0 amide bonds. The number of imidazole rings is 1. The number of fused-ring (bicyclic) bond motifs is 7. The Hall–Kier alpha value is -2.29. The minimum Gasteiger partial charge on any atom is -0.351 e. The number of likely N-dealkylation sites (N-methyl/N-ethyl adjacent to an activating group) is 1. The van der Waals surface area contributed by atoms with Gasteiger partial charge in [0.2, 0.25) is 0 Å². The summed E-state index contributed by atoms with van der Waals surface area (Å²) in [7, 11) is 2.22. The largest absolute Gasteiger partial charge is 0.351 e. The monoisotopic (exact) mass is 289 g/mol. The minimum atomic E-state index is -0.109. The second-order valence-corrected chi connectivity index (χ2v) is 6.96. The van der Waals surface area contributed by atoms with Crippen molar-refractivity contribution in [2.24, 2.45) is 0 Å². The van der Waals surface area contributed by atoms with Crippen LogP contribution in [0.4, 0.5) is 5.69 Å². The van der Waals surface area contributed by atoms with Crippen molar-refractivity contribution in [1.82, 2.24) is 9.55 Å². The van der Waals surface area contributed by atoms with Gasteiger partial charge in [-0.3, -0.25) is 0 Å². The van der Waals surface area contributed by atoms with Crippen molar-refractivity contribution in [3.05, 3.63) is 59.9 Å². The summed E-state index contributed by atoms with van der Waals surface area (Å²) < 4.78 is 2.46. The van der Waals surface area contributed by atoms with Gasteiger partial charge < -0.3 is 9.47 Å². The van der Waals surface area contributed by atoms with E-state index in [2.05, 4.69) is 78.9 Å². The van der Waals surface area contributed by atoms with Crippen LogP contribution in [0.1, 0.15) is 25.2 Å². The molecule has 0 fully saturated rings. The lowest BCUT2D eigenvalue weighted by Gasteiger charge is -2.41. The van der Waals surface area contributed by atoms with Gasteiger partial charge in [-0.05, 0) is 30.7 Å². The van der Waals surface area contributed by atoms with E-state index in [1.165, 1.54) is 22.6 Å². The second kappa shape index (κ2) is 3.54. The third kappa shape index (κ3) is 1.08. The molecule has 2 atom stereocenters. The van der Waals surface area contributed by atoms with E-state index in [9.17, 15) is 0 Å². The van der Waals surface area contributed by atoms with Crippen LogP contribution in [0.5, 0.6) is 0 Å². The molecule has 3 aromatic rings. The lowest BCUT2D eigenvalue weighted by atomic mass is 9.74. The lowest BCUT2D eigenvalue weighted by Crippen LogP contribution is -2.51. The second-order valence-electron chi connectivity index (χ2n) is 6.96. The molecule has 0 aliphatic carbocycles. The number of nitrogens with zero attached hydrogens (tertiary/aromatic N) is 3. The third-order valence-electron chi connectivity index (χ3n) is 6.14. The molecule has 110 valence electrons. The van der Waals surface area contributed by atoms with Crippen molar-refractivity contribution in [3.8, 4) is 0 Å². The highest BCUT2D eigenvalue weighted by molar-refractivity contribution is 5.79. The molecule has 3 heteroatoms. The highest BCUT2D eigenvalue weighted by Crippen LogP contribution is 2.59. The summed E-state index contributed by atoms with van der Waals surface area (Å²) in [6.07, 6.45) is 0.986. The Bertz CT molecular complexity index is 925. The van der Waals surface area contributed by atoms with Crippen LogP contribution in [0.2, 0.25) is 0 Å². The first-order valence-corrected chi connectivity index (χ1v) is 7.87. The van der Waals surface area contributed by atoms with Gasteiger partial charge in [0.05, 0.1) is 11.0 Å². The Kier molecular flexibility index (Phi) is 1.98. The van der Waals surface area contributed by atoms with Crippen LogP contribution in [0, 0.1) is 0 Å². The number of hydrogen-bond acceptors (Lipinski definition) is 2. The van der Waals surface area contributed by atoms with Gasteiger partial charge in [-0.2, -0.15) is 0 Å². The zero-order chi connectivity index (χ0) is 15.1. The normalized spacial score (nSPS) is 28.8. The van der Waals surface area contributed by atoms with Gasteiger partial charge in [0.25, 0.3) is 0 Å². The molecule has 3 nitrogen and oxygen atoms in total. The number of aromatic nitrogens is 2. The first-order chi connectivity index (χ1) is 10.6. The average Bonchev–Trinajstić information content (AvgIpc) is 3.05. The summed E-state index contributed by atoms with van der Waals surface area (Å²) in [5.74, 6) is 1.20. The van der Waals surface area contributed by atoms with Crippen molar-refractivity contribution in [2.75, 3.05) is 11.9 Å². The maximum Gasteiger partial charge on any atom is 0.125 e. The molecule has 0 saturated carbocycles. The summed E-state index contributed by atoms with van der Waals surface area (Å²) in [5, 5.41) is 0. The number of anilines is 1. The smallest absolute Gasteiger partial charge is 0.125 e. The SMILES string of the molecule is CN1c2ccccc2C2(C)Cc3nc4ccccc4n3C12C. The maximum atomic E-state index is 4.91. The van der Waals surface area contributed by atoms with Crippen LogP contribution in [-0.4, -0.2) is 16.6 Å². The van der Waals surface area contributed by atoms with E-state index in [1.54, 1.807) is 0 Å². The summed E-state index contributed by atoms with van der Waals surface area (Å²) >= 11 is 0. The molecule has 3 heterocycles. The molecular formula is C19H19N3. The predicted molar refractivity (Wildman–Crippen MR) is 89.3 cm³/mol. The molecule has 1 aromatic heterocycles. The highest BCUT2D eigenvalue weighted by Gasteiger charge is 2.61. The van der Waals surface area contributed by atoms with Crippen LogP contribution in [0.3, 0.4) is 0 Å². The van der Waals surface area contributed by atoms with Crippen LogP contribution in [-0.2, 0) is 17.5 Å². The van der Waals surface area contributed by atoms with Crippen molar-refractivity contribution in [3.63, 3.8) is 0 Å². The Morgan fingerprint density at radius 1 is 1.00 bits per heavy atom. The fraction of sp³-hybridized carbons (Fsp3) is 0.316. The average molecular weight is 289 g/mol. The molecule has 2 aromatic carbocycles. The zero-order valence-electron chi connectivity index (χ0n) is 13.2. The van der Waals surface area contributed by atoms with Crippen molar-refractivity contribution < 1.29 is 0 Å². The fourth-order valence-electron chi connectivity index (χ4n) is 4.75. The van der Waals surface area contributed by atoms with E-state index in [0.29, 0.717) is 0 Å². The number of benzene rings is 2. The van der Waals surface area contributed by atoms with Crippen LogP contribution < -0.4 is 4.90 Å². The number of rotatable bonds is 0. The van der Waals surface area contributed by atoms with Crippen molar-refractivity contribution in [2.45, 2.75) is 31.3 Å². The van der Waals surface area contributed by atoms with Gasteiger partial charge in [0, 0.05) is 24.6 Å². The molecule has 22 heavy (non-hydrogen) atoms. The van der Waals surface area contributed by atoms with Gasteiger partial charge >= 0.3 is 0 Å². The molecule has 0 saturated heterocycles. The first kappa shape index (κ1) is 12.3. The molecule has 0 spiro atoms. The Balaban J connectivity index is 1.88. The van der Waals surface area contributed by atoms with E-state index in [-0.39, 0.29) is 11.1 Å². The Morgan fingerprint density at radius 3 is 2.59 bits per heavy atom. The van der Waals surface area contributed by atoms with E-state index in [0.717, 1.165) is 11.9 Å². The first-order valence-electron chi connectivity index (χ1n) is 7.87. The highest BCUT2D eigenvalue weighted by atomic mass is 15.4. The molecule has 2 unspecified atom stereocenters. The molecule has 5 rings (SSSR count). The Morgan fingerprint density at radius 2 is 1.73 bits per heavy atom. The Labute approximate surface area is 130 Å². The third-order valence-corrected chi connectivity index (χ3v) is 6.14. The standard InChI is InChI=1S/C19H19N3/c1-18-12-17-20-14-9-5-7-11-16(14)22(17)19(18,2)21(3)15-10-6-4-8-13(15)18/h4-11H,12H2,1-3H3. The quantitative estimate of drug-likeness (QED) is 0.629. The van der Waals surface area contributed by atoms with Crippen molar-refractivity contribution in [1.29, 1.82) is 0 Å². The summed E-state index contributed by atoms with van der Waals surface area (Å²) in [5.41, 5.74) is 5.08. The number of hydrogen-bond donors (Lipinski definition) is 0. The van der Waals surface area contributed by atoms with Crippen LogP contribution >= 0.6 is 0 Å². The van der Waals surface area contributed by atoms with Crippen LogP contribution in [0.25, 0.3) is 11.0 Å². The van der Waals surface area contributed by atoms with Gasteiger partial charge in [-0.1, -0.05) is 37.3 Å². The van der Waals surface area contributed by atoms with Crippen molar-refractivity contribution >= 4 is 16.7 Å². The molecule has 2 aliphatic heterocycles. The van der Waals surface area contributed by atoms with E-state index >= 15 is 0 Å². The summed E-state index contributed by atoms with van der Waals surface area (Å²) in [4.78, 5) is 7.35. The molecule has 2 aliphatic rings. The van der Waals surface area contributed by atoms with E-state index in [1.807, 2.05) is 0 Å². The molecular weight excluding hydrogens is 270 g/mol. The lowest BCUT2D eigenvalue weighted by molar-refractivity contribution is 0.229. The summed E-state index contributed by atoms with van der Waals surface area (Å²) in [6, 6.07) is 17.3. The van der Waals surface area contributed by atoms with Crippen LogP contribution in [0.15, 0.2) is 48.5 Å². The van der Waals surface area contributed by atoms with Gasteiger partial charge in [-0.15, -0.1) is 0 Å². The van der Waals surface area contributed by atoms with Gasteiger partial charge in [-0.25, -0.2) is 4.98 Å². The number of para-hydroxylation sites is 3. The van der Waals surface area contributed by atoms with E-state index in [4.69, 9.17) is 4.98 Å². The zero-order valence-corrected chi connectivity index (χ0v) is 13.2. The molecule has 0 radical (unpaired) electrons. The summed E-state index contributed by atoms with van der Waals surface area (Å²) in [6.45, 7) is 4.75. The van der Waals surface area contributed by atoms with E-state index < -0.39 is 0 Å². The fourth-order valence-corrected chi connectivity index (χ4v) is 4.75. The topological polar surface area (TPSA) is 21.1 Å². The van der Waals surface area contributed by atoms with Gasteiger partial charge in [0.15, 0.2) is 0 Å². The molecule has 0 N–H and O–H groups in total. The van der Waals surface area contributed by atoms with Gasteiger partial charge in [0.1, 0.15) is 11.5 Å². The predicted octanol–water partition coefficient (Wildman–Crippen LogP) is 3.67. The minimum absolute atomic E-state index is 0.0602. The maximum absolute atomic E-state index is 4.91. The molecule has 0 bridgehead atoms.